The number of aryl methyl sites for hydroxylation is 1. The maximum Gasteiger partial charge on any atom is 0.138 e. The predicted octanol–water partition coefficient (Wildman–Crippen LogP) is 1.44. The number of hydrogen-bond acceptors (Lipinski definition) is 4. The molecular formula is C14H20N4O. The van der Waals surface area contributed by atoms with Crippen LogP contribution in [0.2, 0.25) is 0 Å². The van der Waals surface area contributed by atoms with Crippen LogP contribution in [0.15, 0.2) is 30.9 Å². The van der Waals surface area contributed by atoms with Gasteiger partial charge in [0.15, 0.2) is 0 Å². The molecule has 0 saturated carbocycles. The third kappa shape index (κ3) is 3.39. The van der Waals surface area contributed by atoms with Crippen molar-refractivity contribution in [3.05, 3.63) is 42.0 Å². The van der Waals surface area contributed by atoms with Crippen LogP contribution < -0.4 is 5.32 Å². The zero-order valence-corrected chi connectivity index (χ0v) is 11.6. The molecule has 5 heteroatoms. The molecule has 1 aromatic carbocycles. The van der Waals surface area contributed by atoms with Gasteiger partial charge in [0.25, 0.3) is 0 Å². The number of nitrogens with zero attached hydrogens (tertiary/aromatic N) is 3. The summed E-state index contributed by atoms with van der Waals surface area (Å²) in [5.41, 5.74) is 3.09. The number of aliphatic hydroxyl groups excluding tert-OH is 1. The third-order valence-electron chi connectivity index (χ3n) is 3.09. The lowest BCUT2D eigenvalue weighted by Gasteiger charge is -2.23. The Morgan fingerprint density at radius 1 is 1.37 bits per heavy atom. The topological polar surface area (TPSA) is 63.0 Å². The standard InChI is InChI=1S/C14H20N4O/c1-11-6-12(7-16-14(2,3)8-19)4-5-13(11)18-10-15-9-17-18/h4-6,9-10,16,19H,7-8H2,1-3H3. The Morgan fingerprint density at radius 3 is 2.74 bits per heavy atom. The molecule has 0 amide bonds. The van der Waals surface area contributed by atoms with Crippen LogP contribution in [0.1, 0.15) is 25.0 Å². The van der Waals surface area contributed by atoms with Gasteiger partial charge < -0.3 is 10.4 Å². The van der Waals surface area contributed by atoms with Crippen LogP contribution in [0.4, 0.5) is 0 Å². The fraction of sp³-hybridized carbons (Fsp3) is 0.429. The molecule has 0 aliphatic carbocycles. The maximum atomic E-state index is 9.21. The average Bonchev–Trinajstić information content (AvgIpc) is 2.90. The summed E-state index contributed by atoms with van der Waals surface area (Å²) < 4.78 is 1.75. The van der Waals surface area contributed by atoms with Gasteiger partial charge in [-0.1, -0.05) is 12.1 Å². The minimum Gasteiger partial charge on any atom is -0.394 e. The molecule has 0 atom stereocenters. The summed E-state index contributed by atoms with van der Waals surface area (Å²) in [6.07, 6.45) is 3.22. The van der Waals surface area contributed by atoms with Crippen molar-refractivity contribution in [2.24, 2.45) is 0 Å². The molecule has 5 nitrogen and oxygen atoms in total. The van der Waals surface area contributed by atoms with E-state index in [1.54, 1.807) is 11.0 Å². The van der Waals surface area contributed by atoms with E-state index in [9.17, 15) is 5.11 Å². The van der Waals surface area contributed by atoms with E-state index in [0.29, 0.717) is 0 Å². The Hall–Kier alpha value is -1.72. The number of benzene rings is 1. The summed E-state index contributed by atoms with van der Waals surface area (Å²) in [7, 11) is 0. The van der Waals surface area contributed by atoms with Crippen molar-refractivity contribution >= 4 is 0 Å². The van der Waals surface area contributed by atoms with Crippen molar-refractivity contribution in [1.29, 1.82) is 0 Å². The predicted molar refractivity (Wildman–Crippen MR) is 74.1 cm³/mol. The van der Waals surface area contributed by atoms with Gasteiger partial charge in [0, 0.05) is 12.1 Å². The van der Waals surface area contributed by atoms with Crippen molar-refractivity contribution in [1.82, 2.24) is 20.1 Å². The van der Waals surface area contributed by atoms with Crippen LogP contribution in [-0.4, -0.2) is 32.0 Å². The third-order valence-corrected chi connectivity index (χ3v) is 3.09. The van der Waals surface area contributed by atoms with Crippen molar-refractivity contribution in [2.75, 3.05) is 6.61 Å². The summed E-state index contributed by atoms with van der Waals surface area (Å²) >= 11 is 0. The Kier molecular flexibility index (Phi) is 3.97. The largest absolute Gasteiger partial charge is 0.394 e. The maximum absolute atomic E-state index is 9.21. The second kappa shape index (κ2) is 5.50. The van der Waals surface area contributed by atoms with Gasteiger partial charge in [0.2, 0.25) is 0 Å². The molecule has 0 unspecified atom stereocenters. The van der Waals surface area contributed by atoms with E-state index in [-0.39, 0.29) is 12.1 Å². The first-order valence-corrected chi connectivity index (χ1v) is 6.32. The van der Waals surface area contributed by atoms with Gasteiger partial charge in [0.05, 0.1) is 12.3 Å². The second-order valence-electron chi connectivity index (χ2n) is 5.36. The van der Waals surface area contributed by atoms with Crippen LogP contribution in [0.25, 0.3) is 5.69 Å². The Bertz CT molecular complexity index is 534. The quantitative estimate of drug-likeness (QED) is 0.854. The van der Waals surface area contributed by atoms with E-state index in [4.69, 9.17) is 0 Å². The van der Waals surface area contributed by atoms with Gasteiger partial charge >= 0.3 is 0 Å². The molecule has 2 aromatic rings. The molecule has 1 heterocycles. The van der Waals surface area contributed by atoms with Crippen LogP contribution in [0, 0.1) is 6.92 Å². The van der Waals surface area contributed by atoms with Gasteiger partial charge in [-0.2, -0.15) is 5.10 Å². The number of aliphatic hydroxyl groups is 1. The highest BCUT2D eigenvalue weighted by molar-refractivity contribution is 5.41. The average molecular weight is 260 g/mol. The monoisotopic (exact) mass is 260 g/mol. The summed E-state index contributed by atoms with van der Waals surface area (Å²) in [5.74, 6) is 0. The molecule has 19 heavy (non-hydrogen) atoms. The van der Waals surface area contributed by atoms with Crippen molar-refractivity contribution in [3.63, 3.8) is 0 Å². The minimum absolute atomic E-state index is 0.114. The normalized spacial score (nSPS) is 11.8. The molecule has 0 bridgehead atoms. The Balaban J connectivity index is 2.11. The zero-order chi connectivity index (χ0) is 13.9. The highest BCUT2D eigenvalue weighted by Gasteiger charge is 2.15. The van der Waals surface area contributed by atoms with Crippen molar-refractivity contribution < 1.29 is 5.11 Å². The van der Waals surface area contributed by atoms with Crippen LogP contribution in [0.3, 0.4) is 0 Å². The van der Waals surface area contributed by atoms with Gasteiger partial charge in [-0.05, 0) is 38.0 Å². The number of rotatable bonds is 5. The smallest absolute Gasteiger partial charge is 0.138 e. The molecular weight excluding hydrogens is 240 g/mol. The summed E-state index contributed by atoms with van der Waals surface area (Å²) in [6, 6.07) is 6.22. The van der Waals surface area contributed by atoms with Crippen LogP contribution in [0.5, 0.6) is 0 Å². The molecule has 1 aromatic heterocycles. The van der Waals surface area contributed by atoms with E-state index in [0.717, 1.165) is 17.8 Å². The zero-order valence-electron chi connectivity index (χ0n) is 11.6. The molecule has 0 aliphatic rings. The molecule has 0 fully saturated rings. The number of hydrogen-bond donors (Lipinski definition) is 2. The fourth-order valence-electron chi connectivity index (χ4n) is 1.81. The molecule has 0 radical (unpaired) electrons. The first-order chi connectivity index (χ1) is 9.02. The number of aromatic nitrogens is 3. The van der Waals surface area contributed by atoms with Crippen molar-refractivity contribution in [3.8, 4) is 5.69 Å². The van der Waals surface area contributed by atoms with E-state index in [1.165, 1.54) is 11.9 Å². The summed E-state index contributed by atoms with van der Waals surface area (Å²) in [4.78, 5) is 3.95. The van der Waals surface area contributed by atoms with E-state index in [1.807, 2.05) is 19.9 Å². The van der Waals surface area contributed by atoms with Crippen LogP contribution >= 0.6 is 0 Å². The molecule has 2 rings (SSSR count). The first-order valence-electron chi connectivity index (χ1n) is 6.32. The minimum atomic E-state index is -0.265. The summed E-state index contributed by atoms with van der Waals surface area (Å²) in [6.45, 7) is 6.85. The molecule has 0 saturated heterocycles. The van der Waals surface area contributed by atoms with Gasteiger partial charge in [-0.15, -0.1) is 0 Å². The SMILES string of the molecule is Cc1cc(CNC(C)(C)CO)ccc1-n1cncn1. The van der Waals surface area contributed by atoms with E-state index < -0.39 is 0 Å². The van der Waals surface area contributed by atoms with Gasteiger partial charge in [-0.25, -0.2) is 9.67 Å². The Labute approximate surface area is 113 Å². The van der Waals surface area contributed by atoms with Crippen LogP contribution in [-0.2, 0) is 6.54 Å². The van der Waals surface area contributed by atoms with E-state index >= 15 is 0 Å². The summed E-state index contributed by atoms with van der Waals surface area (Å²) in [5, 5.41) is 16.7. The number of nitrogens with one attached hydrogen (secondary N) is 1. The lowest BCUT2D eigenvalue weighted by atomic mass is 10.1. The Morgan fingerprint density at radius 2 is 2.16 bits per heavy atom. The van der Waals surface area contributed by atoms with Gasteiger partial charge in [0.1, 0.15) is 12.7 Å². The highest BCUT2D eigenvalue weighted by Crippen LogP contribution is 2.15. The fourth-order valence-corrected chi connectivity index (χ4v) is 1.81. The lowest BCUT2D eigenvalue weighted by molar-refractivity contribution is 0.187. The van der Waals surface area contributed by atoms with Crippen molar-refractivity contribution in [2.45, 2.75) is 32.9 Å². The van der Waals surface area contributed by atoms with Gasteiger partial charge in [-0.3, -0.25) is 0 Å². The first kappa shape index (κ1) is 13.7. The molecule has 102 valence electrons. The second-order valence-corrected chi connectivity index (χ2v) is 5.36. The molecule has 2 N–H and O–H groups in total. The molecule has 0 aliphatic heterocycles. The highest BCUT2D eigenvalue weighted by atomic mass is 16.3. The van der Waals surface area contributed by atoms with E-state index in [2.05, 4.69) is 34.5 Å². The molecule has 0 spiro atoms. The lowest BCUT2D eigenvalue weighted by Crippen LogP contribution is -2.42.